The first kappa shape index (κ1) is 17.6. The number of sulfonamides is 1. The van der Waals surface area contributed by atoms with Crippen LogP contribution in [0.5, 0.6) is 0 Å². The molecule has 0 saturated carbocycles. The number of amides is 1. The van der Waals surface area contributed by atoms with Crippen LogP contribution < -0.4 is 5.14 Å². The number of carbonyl (C=O) groups excluding carboxylic acids is 1. The summed E-state index contributed by atoms with van der Waals surface area (Å²) >= 11 is 0. The molecule has 0 bridgehead atoms. The average Bonchev–Trinajstić information content (AvgIpc) is 2.35. The Morgan fingerprint density at radius 3 is 2.52 bits per heavy atom. The first-order valence-electron chi connectivity index (χ1n) is 6.63. The molecular formula is C14H22N2O4S. The first-order chi connectivity index (χ1) is 9.62. The van der Waals surface area contributed by atoms with Gasteiger partial charge in [-0.2, -0.15) is 0 Å². The molecule has 6 nitrogen and oxygen atoms in total. The van der Waals surface area contributed by atoms with Crippen LogP contribution in [0.1, 0.15) is 29.8 Å². The Bertz CT molecular complexity index is 611. The molecular weight excluding hydrogens is 292 g/mol. The largest absolute Gasteiger partial charge is 0.377 e. The van der Waals surface area contributed by atoms with Gasteiger partial charge in [-0.1, -0.05) is 11.6 Å². The number of primary sulfonamides is 1. The predicted octanol–water partition coefficient (Wildman–Crippen LogP) is 1.14. The van der Waals surface area contributed by atoms with Gasteiger partial charge >= 0.3 is 0 Å². The molecule has 0 fully saturated rings. The van der Waals surface area contributed by atoms with E-state index in [1.165, 1.54) is 17.0 Å². The molecule has 1 rings (SSSR count). The summed E-state index contributed by atoms with van der Waals surface area (Å²) < 4.78 is 28.5. The number of rotatable bonds is 6. The van der Waals surface area contributed by atoms with Crippen molar-refractivity contribution in [3.63, 3.8) is 0 Å². The van der Waals surface area contributed by atoms with E-state index in [9.17, 15) is 13.2 Å². The van der Waals surface area contributed by atoms with Crippen molar-refractivity contribution >= 4 is 15.9 Å². The summed E-state index contributed by atoms with van der Waals surface area (Å²) in [4.78, 5) is 13.7. The summed E-state index contributed by atoms with van der Waals surface area (Å²) in [5.41, 5.74) is 0.877. The van der Waals surface area contributed by atoms with E-state index >= 15 is 0 Å². The third-order valence-corrected chi connectivity index (χ3v) is 3.87. The number of hydrogen-bond donors (Lipinski definition) is 1. The molecule has 0 aliphatic heterocycles. The van der Waals surface area contributed by atoms with Crippen LogP contribution in [0.15, 0.2) is 23.1 Å². The van der Waals surface area contributed by atoms with Crippen molar-refractivity contribution in [2.45, 2.75) is 31.8 Å². The molecule has 1 aromatic carbocycles. The summed E-state index contributed by atoms with van der Waals surface area (Å²) in [6, 6.07) is 4.50. The zero-order valence-electron chi connectivity index (χ0n) is 12.8. The number of nitrogens with two attached hydrogens (primary N) is 1. The molecule has 1 aromatic rings. The molecule has 0 aliphatic rings. The minimum atomic E-state index is -3.94. The maximum Gasteiger partial charge on any atom is 0.255 e. The Labute approximate surface area is 125 Å². The maximum absolute atomic E-state index is 12.4. The zero-order chi connectivity index (χ0) is 16.2. The molecule has 0 heterocycles. The summed E-state index contributed by atoms with van der Waals surface area (Å²) in [5.74, 6) is -0.393. The van der Waals surface area contributed by atoms with Gasteiger partial charge in [-0.15, -0.1) is 0 Å². The predicted molar refractivity (Wildman–Crippen MR) is 80.6 cm³/mol. The summed E-state index contributed by atoms with van der Waals surface area (Å²) in [5, 5.41) is 5.16. The average molecular weight is 314 g/mol. The van der Waals surface area contributed by atoms with Gasteiger partial charge < -0.3 is 9.64 Å². The van der Waals surface area contributed by atoms with E-state index in [1.54, 1.807) is 20.0 Å². The van der Waals surface area contributed by atoms with Gasteiger partial charge in [0, 0.05) is 13.6 Å². The number of likely N-dealkylation sites (N-methyl/N-ethyl adjacent to an activating group) is 1. The van der Waals surface area contributed by atoms with Crippen LogP contribution in [0.4, 0.5) is 0 Å². The van der Waals surface area contributed by atoms with Crippen molar-refractivity contribution in [2.75, 3.05) is 20.2 Å². The van der Waals surface area contributed by atoms with Gasteiger partial charge in [0.25, 0.3) is 5.91 Å². The van der Waals surface area contributed by atoms with Crippen molar-refractivity contribution in [1.29, 1.82) is 0 Å². The topological polar surface area (TPSA) is 89.7 Å². The lowest BCUT2D eigenvalue weighted by atomic mass is 10.1. The molecule has 7 heteroatoms. The van der Waals surface area contributed by atoms with Crippen LogP contribution in [-0.2, 0) is 14.8 Å². The van der Waals surface area contributed by atoms with Crippen LogP contribution in [0.2, 0.25) is 0 Å². The van der Waals surface area contributed by atoms with Crippen LogP contribution in [0.3, 0.4) is 0 Å². The van der Waals surface area contributed by atoms with E-state index in [1.807, 2.05) is 13.8 Å². The van der Waals surface area contributed by atoms with E-state index in [0.717, 1.165) is 5.56 Å². The number of ether oxygens (including phenoxy) is 1. The Morgan fingerprint density at radius 1 is 1.38 bits per heavy atom. The number of hydrogen-bond acceptors (Lipinski definition) is 4. The Morgan fingerprint density at radius 2 is 2.00 bits per heavy atom. The van der Waals surface area contributed by atoms with Crippen LogP contribution in [-0.4, -0.2) is 45.5 Å². The summed E-state index contributed by atoms with van der Waals surface area (Å²) in [6.45, 7) is 6.35. The summed E-state index contributed by atoms with van der Waals surface area (Å²) in [6.07, 6.45) is 0.0763. The highest BCUT2D eigenvalue weighted by Gasteiger charge is 2.21. The van der Waals surface area contributed by atoms with Gasteiger partial charge in [0.15, 0.2) is 0 Å². The number of benzene rings is 1. The van der Waals surface area contributed by atoms with Crippen molar-refractivity contribution < 1.29 is 17.9 Å². The smallest absolute Gasteiger partial charge is 0.255 e. The van der Waals surface area contributed by atoms with Crippen LogP contribution >= 0.6 is 0 Å². The van der Waals surface area contributed by atoms with E-state index in [4.69, 9.17) is 9.88 Å². The Hall–Kier alpha value is -1.44. The van der Waals surface area contributed by atoms with Gasteiger partial charge in [0.2, 0.25) is 10.0 Å². The SMILES string of the molecule is Cc1ccc(S(N)(=O)=O)c(C(=O)N(C)CCOC(C)C)c1. The lowest BCUT2D eigenvalue weighted by molar-refractivity contribution is 0.0530. The molecule has 1 amide bonds. The number of nitrogens with zero attached hydrogens (tertiary/aromatic N) is 1. The van der Waals surface area contributed by atoms with Gasteiger partial charge in [0.05, 0.1) is 23.2 Å². The number of carbonyl (C=O) groups is 1. The van der Waals surface area contributed by atoms with E-state index < -0.39 is 15.9 Å². The summed E-state index contributed by atoms with van der Waals surface area (Å²) in [7, 11) is -2.34. The van der Waals surface area contributed by atoms with Gasteiger partial charge in [-0.3, -0.25) is 4.79 Å². The fourth-order valence-corrected chi connectivity index (χ4v) is 2.50. The maximum atomic E-state index is 12.4. The zero-order valence-corrected chi connectivity index (χ0v) is 13.6. The molecule has 0 aromatic heterocycles. The van der Waals surface area contributed by atoms with Crippen molar-refractivity contribution in [1.82, 2.24) is 4.90 Å². The minimum Gasteiger partial charge on any atom is -0.377 e. The standard InChI is InChI=1S/C14H22N2O4S/c1-10(2)20-8-7-16(4)14(17)12-9-11(3)5-6-13(12)21(15,18)19/h5-6,9-10H,7-8H2,1-4H3,(H2,15,18,19). The third-order valence-electron chi connectivity index (χ3n) is 2.90. The molecule has 2 N–H and O–H groups in total. The molecule has 0 radical (unpaired) electrons. The third kappa shape index (κ3) is 5.11. The van der Waals surface area contributed by atoms with Crippen LogP contribution in [0.25, 0.3) is 0 Å². The van der Waals surface area contributed by atoms with Crippen LogP contribution in [0, 0.1) is 6.92 Å². The fourth-order valence-electron chi connectivity index (χ4n) is 1.79. The van der Waals surface area contributed by atoms with E-state index in [0.29, 0.717) is 13.2 Å². The first-order valence-corrected chi connectivity index (χ1v) is 8.18. The van der Waals surface area contributed by atoms with Crippen molar-refractivity contribution in [2.24, 2.45) is 5.14 Å². The molecule has 118 valence electrons. The molecule has 0 atom stereocenters. The molecule has 0 unspecified atom stereocenters. The van der Waals surface area contributed by atoms with Crippen molar-refractivity contribution in [3.05, 3.63) is 29.3 Å². The normalized spacial score (nSPS) is 11.7. The van der Waals surface area contributed by atoms with Gasteiger partial charge in [-0.05, 0) is 32.9 Å². The van der Waals surface area contributed by atoms with E-state index in [-0.39, 0.29) is 16.6 Å². The molecule has 0 spiro atoms. The Balaban J connectivity index is 2.98. The van der Waals surface area contributed by atoms with Gasteiger partial charge in [0.1, 0.15) is 0 Å². The van der Waals surface area contributed by atoms with Crippen molar-refractivity contribution in [3.8, 4) is 0 Å². The number of aryl methyl sites for hydroxylation is 1. The van der Waals surface area contributed by atoms with Gasteiger partial charge in [-0.25, -0.2) is 13.6 Å². The highest BCUT2D eigenvalue weighted by Crippen LogP contribution is 2.17. The quantitative estimate of drug-likeness (QED) is 0.852. The highest BCUT2D eigenvalue weighted by molar-refractivity contribution is 7.89. The highest BCUT2D eigenvalue weighted by atomic mass is 32.2. The fraction of sp³-hybridized carbons (Fsp3) is 0.500. The molecule has 21 heavy (non-hydrogen) atoms. The minimum absolute atomic E-state index is 0.0763. The second-order valence-corrected chi connectivity index (χ2v) is 6.72. The van der Waals surface area contributed by atoms with E-state index in [2.05, 4.69) is 0 Å². The Kier molecular flexibility index (Phi) is 5.88. The second kappa shape index (κ2) is 7.02. The molecule has 0 aliphatic carbocycles. The monoisotopic (exact) mass is 314 g/mol. The lowest BCUT2D eigenvalue weighted by Crippen LogP contribution is -2.32. The molecule has 0 saturated heterocycles. The lowest BCUT2D eigenvalue weighted by Gasteiger charge is -2.19. The second-order valence-electron chi connectivity index (χ2n) is 5.19.